The molecule has 0 radical (unpaired) electrons. The summed E-state index contributed by atoms with van der Waals surface area (Å²) in [5, 5.41) is 12.6. The Labute approximate surface area is 210 Å². The van der Waals surface area contributed by atoms with Crippen LogP contribution < -0.4 is 10.5 Å². The van der Waals surface area contributed by atoms with Crippen LogP contribution in [0.2, 0.25) is 10.0 Å². The molecule has 13 heteroatoms. The molecule has 0 N–H and O–H groups in total. The van der Waals surface area contributed by atoms with Crippen molar-refractivity contribution >= 4 is 55.4 Å². The Balaban J connectivity index is 1.37. The van der Waals surface area contributed by atoms with Gasteiger partial charge in [-0.2, -0.15) is 18.2 Å². The molecule has 0 amide bonds. The van der Waals surface area contributed by atoms with Crippen LogP contribution in [0.25, 0.3) is 10.1 Å². The summed E-state index contributed by atoms with van der Waals surface area (Å²) in [5.41, 5.74) is -1.88. The van der Waals surface area contributed by atoms with E-state index in [2.05, 4.69) is 9.88 Å². The summed E-state index contributed by atoms with van der Waals surface area (Å²) in [5.74, 6) is 0.596. The summed E-state index contributed by atoms with van der Waals surface area (Å²) in [4.78, 5) is 31.4. The van der Waals surface area contributed by atoms with Gasteiger partial charge < -0.3 is 4.90 Å². The molecule has 5 rings (SSSR count). The van der Waals surface area contributed by atoms with Crippen molar-refractivity contribution < 1.29 is 18.1 Å². The van der Waals surface area contributed by atoms with Gasteiger partial charge in [-0.3, -0.25) is 19.8 Å². The van der Waals surface area contributed by atoms with E-state index in [1.165, 1.54) is 0 Å². The topological polar surface area (TPSA) is 79.6 Å². The highest BCUT2D eigenvalue weighted by molar-refractivity contribution is 7.22. The molecule has 35 heavy (non-hydrogen) atoms. The van der Waals surface area contributed by atoms with Crippen molar-refractivity contribution in [1.29, 1.82) is 0 Å². The minimum absolute atomic E-state index is 0.102. The largest absolute Gasteiger partial charge is 0.416 e. The highest BCUT2D eigenvalue weighted by atomic mass is 35.5. The second-order valence-corrected chi connectivity index (χ2v) is 10.7. The number of fused-ring (bicyclic) bond motifs is 2. The molecule has 2 atom stereocenters. The van der Waals surface area contributed by atoms with Crippen LogP contribution >= 0.6 is 34.5 Å². The fourth-order valence-electron chi connectivity index (χ4n) is 4.91. The van der Waals surface area contributed by atoms with Crippen LogP contribution in [-0.4, -0.2) is 41.0 Å². The lowest BCUT2D eigenvalue weighted by Crippen LogP contribution is -2.29. The van der Waals surface area contributed by atoms with Crippen LogP contribution in [0.4, 0.5) is 24.0 Å². The van der Waals surface area contributed by atoms with Crippen molar-refractivity contribution in [2.24, 2.45) is 11.8 Å². The number of nitro benzene ring substituents is 1. The molecule has 184 valence electrons. The molecule has 2 aliphatic heterocycles. The lowest BCUT2D eigenvalue weighted by molar-refractivity contribution is -0.383. The SMILES string of the molecule is O=c1nc(N2CC3CN(Cc4cc(Cl)cc(Cl)c4)CC3C2)sc2c([N+](=O)[O-])cc(C(F)(F)F)cc12. The maximum atomic E-state index is 13.2. The zero-order valence-corrected chi connectivity index (χ0v) is 20.2. The molecule has 2 aliphatic rings. The van der Waals surface area contributed by atoms with E-state index in [1.807, 2.05) is 17.0 Å². The van der Waals surface area contributed by atoms with Crippen molar-refractivity contribution in [2.45, 2.75) is 12.7 Å². The van der Waals surface area contributed by atoms with Gasteiger partial charge in [-0.25, -0.2) is 0 Å². The minimum Gasteiger partial charge on any atom is -0.347 e. The third-order valence-electron chi connectivity index (χ3n) is 6.38. The molecule has 2 fully saturated rings. The number of halogens is 5. The van der Waals surface area contributed by atoms with Crippen LogP contribution in [0.15, 0.2) is 35.1 Å². The first kappa shape index (κ1) is 24.2. The van der Waals surface area contributed by atoms with Crippen molar-refractivity contribution in [3.63, 3.8) is 0 Å². The van der Waals surface area contributed by atoms with E-state index in [1.54, 1.807) is 6.07 Å². The number of benzene rings is 2. The third-order valence-corrected chi connectivity index (χ3v) is 7.98. The molecule has 1 aromatic heterocycles. The fourth-order valence-corrected chi connectivity index (χ4v) is 6.57. The second kappa shape index (κ2) is 8.88. The third kappa shape index (κ3) is 4.82. The number of alkyl halides is 3. The van der Waals surface area contributed by atoms with Crippen molar-refractivity contribution in [1.82, 2.24) is 9.88 Å². The van der Waals surface area contributed by atoms with E-state index in [0.29, 0.717) is 53.6 Å². The number of likely N-dealkylation sites (tertiary alicyclic amines) is 1. The molecule has 0 spiro atoms. The van der Waals surface area contributed by atoms with Gasteiger partial charge in [-0.1, -0.05) is 34.5 Å². The van der Waals surface area contributed by atoms with E-state index < -0.39 is 33.3 Å². The first-order valence-corrected chi connectivity index (χ1v) is 12.2. The maximum absolute atomic E-state index is 13.2. The highest BCUT2D eigenvalue weighted by Gasteiger charge is 2.41. The molecule has 7 nitrogen and oxygen atoms in total. The fraction of sp³-hybridized carbons (Fsp3) is 0.364. The summed E-state index contributed by atoms with van der Waals surface area (Å²) in [7, 11) is 0. The van der Waals surface area contributed by atoms with Crippen molar-refractivity contribution in [2.75, 3.05) is 31.1 Å². The predicted octanol–water partition coefficient (Wildman–Crippen LogP) is 5.46. The quantitative estimate of drug-likeness (QED) is 0.320. The van der Waals surface area contributed by atoms with Gasteiger partial charge in [0.15, 0.2) is 5.13 Å². The van der Waals surface area contributed by atoms with Gasteiger partial charge >= 0.3 is 6.18 Å². The monoisotopic (exact) mass is 544 g/mol. The van der Waals surface area contributed by atoms with Crippen molar-refractivity contribution in [3.8, 4) is 0 Å². The first-order valence-electron chi connectivity index (χ1n) is 10.6. The molecule has 3 aromatic rings. The molecule has 2 unspecified atom stereocenters. The number of hydrogen-bond acceptors (Lipinski definition) is 7. The number of nitrogens with zero attached hydrogens (tertiary/aromatic N) is 4. The minimum atomic E-state index is -4.82. The number of aromatic nitrogens is 1. The van der Waals surface area contributed by atoms with Crippen molar-refractivity contribution in [3.05, 3.63) is 72.0 Å². The van der Waals surface area contributed by atoms with Gasteiger partial charge in [-0.15, -0.1) is 0 Å². The van der Waals surface area contributed by atoms with Gasteiger partial charge in [0, 0.05) is 48.8 Å². The van der Waals surface area contributed by atoms with Crippen LogP contribution in [-0.2, 0) is 12.7 Å². The Morgan fingerprint density at radius 1 is 1.06 bits per heavy atom. The number of nitro groups is 1. The van der Waals surface area contributed by atoms with Gasteiger partial charge in [0.2, 0.25) is 0 Å². The van der Waals surface area contributed by atoms with E-state index in [9.17, 15) is 28.1 Å². The Kier molecular flexibility index (Phi) is 6.15. The normalized spacial score (nSPS) is 20.5. The predicted molar refractivity (Wildman–Crippen MR) is 128 cm³/mol. The lowest BCUT2D eigenvalue weighted by Gasteiger charge is -2.22. The zero-order valence-electron chi connectivity index (χ0n) is 17.9. The van der Waals surface area contributed by atoms with Crippen LogP contribution in [0.3, 0.4) is 0 Å². The molecular formula is C22H17Cl2F3N4O3S. The maximum Gasteiger partial charge on any atom is 0.416 e. The lowest BCUT2D eigenvalue weighted by atomic mass is 10.0. The van der Waals surface area contributed by atoms with Gasteiger partial charge in [0.05, 0.1) is 15.9 Å². The summed E-state index contributed by atoms with van der Waals surface area (Å²) < 4.78 is 39.5. The molecule has 2 aromatic carbocycles. The Bertz CT molecular complexity index is 1370. The summed E-state index contributed by atoms with van der Waals surface area (Å²) in [6.07, 6.45) is -4.82. The van der Waals surface area contributed by atoms with Crippen LogP contribution in [0, 0.1) is 22.0 Å². The summed E-state index contributed by atoms with van der Waals surface area (Å²) in [6, 6.07) is 6.54. The molecular weight excluding hydrogens is 528 g/mol. The Hall–Kier alpha value is -2.47. The molecule has 0 saturated carbocycles. The Morgan fingerprint density at radius 3 is 2.26 bits per heavy atom. The molecule has 0 aliphatic carbocycles. The average Bonchev–Trinajstić information content (AvgIpc) is 3.30. The Morgan fingerprint density at radius 2 is 1.69 bits per heavy atom. The number of rotatable bonds is 4. The smallest absolute Gasteiger partial charge is 0.347 e. The van der Waals surface area contributed by atoms with Gasteiger partial charge in [0.25, 0.3) is 11.2 Å². The summed E-state index contributed by atoms with van der Waals surface area (Å²) in [6.45, 7) is 3.51. The van der Waals surface area contributed by atoms with E-state index >= 15 is 0 Å². The number of hydrogen-bond donors (Lipinski definition) is 0. The van der Waals surface area contributed by atoms with Gasteiger partial charge in [0.1, 0.15) is 4.70 Å². The highest BCUT2D eigenvalue weighted by Crippen LogP contribution is 2.40. The van der Waals surface area contributed by atoms with Crippen LogP contribution in [0.1, 0.15) is 11.1 Å². The molecule has 2 saturated heterocycles. The summed E-state index contributed by atoms with van der Waals surface area (Å²) >= 11 is 13.1. The van der Waals surface area contributed by atoms with Crippen LogP contribution in [0.5, 0.6) is 0 Å². The average molecular weight is 545 g/mol. The van der Waals surface area contributed by atoms with Gasteiger partial charge in [-0.05, 0) is 41.7 Å². The standard InChI is InChI=1S/C22H17Cl2F3N4O3S/c23-15-1-11(2-16(24)5-15)6-29-7-12-9-30(10-13(12)8-29)21-28-20(32)17-3-14(22(25,26)27)4-18(31(33)34)19(17)35-21/h1-5,12-13H,6-10H2. The molecule has 3 heterocycles. The number of non-ortho nitro benzene ring substituents is 1. The molecule has 0 bridgehead atoms. The van der Waals surface area contributed by atoms with E-state index in [-0.39, 0.29) is 9.83 Å². The van der Waals surface area contributed by atoms with E-state index in [0.717, 1.165) is 30.0 Å². The van der Waals surface area contributed by atoms with E-state index in [4.69, 9.17) is 23.2 Å². The number of anilines is 1. The zero-order chi connectivity index (χ0) is 25.1. The first-order chi connectivity index (χ1) is 16.5. The second-order valence-electron chi connectivity index (χ2n) is 8.83.